The highest BCUT2D eigenvalue weighted by atomic mass is 19.1. The van der Waals surface area contributed by atoms with Crippen molar-refractivity contribution in [3.63, 3.8) is 0 Å². The molecule has 0 saturated heterocycles. The molecule has 21 heavy (non-hydrogen) atoms. The fourth-order valence-electron chi connectivity index (χ4n) is 1.50. The zero-order valence-electron chi connectivity index (χ0n) is 11.1. The molecular formula is C12H14FN3O5. The zero-order valence-corrected chi connectivity index (χ0v) is 11.1. The van der Waals surface area contributed by atoms with Gasteiger partial charge in [-0.05, 0) is 12.1 Å². The Labute approximate surface area is 119 Å². The van der Waals surface area contributed by atoms with Gasteiger partial charge in [0.05, 0.1) is 7.11 Å². The number of benzene rings is 1. The molecule has 1 rings (SSSR count). The molecule has 0 heterocycles. The summed E-state index contributed by atoms with van der Waals surface area (Å²) in [5, 5.41) is 10.9. The number of hydrogen-bond donors (Lipinski definition) is 3. The molecule has 0 fully saturated rings. The van der Waals surface area contributed by atoms with E-state index in [9.17, 15) is 18.8 Å². The third kappa shape index (κ3) is 4.97. The summed E-state index contributed by atoms with van der Waals surface area (Å²) in [7, 11) is 1.29. The van der Waals surface area contributed by atoms with Gasteiger partial charge in [-0.25, -0.2) is 9.18 Å². The van der Waals surface area contributed by atoms with Crippen LogP contribution in [-0.4, -0.2) is 48.1 Å². The summed E-state index contributed by atoms with van der Waals surface area (Å²) < 4.78 is 18.2. The third-order valence-corrected chi connectivity index (χ3v) is 2.36. The summed E-state index contributed by atoms with van der Waals surface area (Å²) in [6.07, 6.45) is 0. The van der Waals surface area contributed by atoms with Gasteiger partial charge in [0, 0.05) is 11.8 Å². The van der Waals surface area contributed by atoms with Crippen LogP contribution in [0.1, 0.15) is 0 Å². The lowest BCUT2D eigenvalue weighted by molar-refractivity contribution is -0.137. The average molecular weight is 299 g/mol. The SMILES string of the molecule is COc1ccc(NC(=O)N(CC(N)=O)CC(=O)O)cc1F. The highest BCUT2D eigenvalue weighted by molar-refractivity contribution is 5.94. The number of amides is 3. The van der Waals surface area contributed by atoms with E-state index in [1.807, 2.05) is 0 Å². The monoisotopic (exact) mass is 299 g/mol. The number of halogens is 1. The topological polar surface area (TPSA) is 122 Å². The number of carboxylic acid groups (broad SMARTS) is 1. The molecule has 0 unspecified atom stereocenters. The van der Waals surface area contributed by atoms with Crippen molar-refractivity contribution in [2.75, 3.05) is 25.5 Å². The minimum absolute atomic E-state index is 0.00692. The number of methoxy groups -OCH3 is 1. The molecule has 0 spiro atoms. The molecule has 9 heteroatoms. The van der Waals surface area contributed by atoms with Gasteiger partial charge in [-0.1, -0.05) is 0 Å². The summed E-state index contributed by atoms with van der Waals surface area (Å²) >= 11 is 0. The van der Waals surface area contributed by atoms with Gasteiger partial charge in [-0.15, -0.1) is 0 Å². The molecule has 8 nitrogen and oxygen atoms in total. The van der Waals surface area contributed by atoms with Crippen molar-refractivity contribution in [2.45, 2.75) is 0 Å². The van der Waals surface area contributed by atoms with Crippen LogP contribution in [0.2, 0.25) is 0 Å². The Hall–Kier alpha value is -2.84. The molecule has 114 valence electrons. The fourth-order valence-corrected chi connectivity index (χ4v) is 1.50. The summed E-state index contributed by atoms with van der Waals surface area (Å²) in [4.78, 5) is 34.0. The van der Waals surface area contributed by atoms with Crippen molar-refractivity contribution in [2.24, 2.45) is 5.73 Å². The number of ether oxygens (including phenoxy) is 1. The number of aliphatic carboxylic acids is 1. The number of urea groups is 1. The molecule has 0 saturated carbocycles. The molecule has 0 bridgehead atoms. The number of hydrogen-bond acceptors (Lipinski definition) is 4. The largest absolute Gasteiger partial charge is 0.494 e. The van der Waals surface area contributed by atoms with E-state index in [1.54, 1.807) is 0 Å². The van der Waals surface area contributed by atoms with Gasteiger partial charge >= 0.3 is 12.0 Å². The zero-order chi connectivity index (χ0) is 16.0. The summed E-state index contributed by atoms with van der Waals surface area (Å²) in [6, 6.07) is 2.77. The van der Waals surface area contributed by atoms with Crippen molar-refractivity contribution in [1.29, 1.82) is 0 Å². The maximum Gasteiger partial charge on any atom is 0.323 e. The van der Waals surface area contributed by atoms with Crippen molar-refractivity contribution < 1.29 is 28.6 Å². The summed E-state index contributed by atoms with van der Waals surface area (Å²) in [5.74, 6) is -2.89. The lowest BCUT2D eigenvalue weighted by Gasteiger charge is -2.19. The van der Waals surface area contributed by atoms with Gasteiger partial charge in [0.1, 0.15) is 13.1 Å². The Balaban J connectivity index is 2.82. The van der Waals surface area contributed by atoms with Gasteiger partial charge in [0.15, 0.2) is 11.6 Å². The van der Waals surface area contributed by atoms with E-state index < -0.39 is 36.8 Å². The average Bonchev–Trinajstić information content (AvgIpc) is 2.37. The third-order valence-electron chi connectivity index (χ3n) is 2.36. The van der Waals surface area contributed by atoms with Gasteiger partial charge in [-0.2, -0.15) is 0 Å². The van der Waals surface area contributed by atoms with Crippen LogP contribution in [0.25, 0.3) is 0 Å². The Kier molecular flexibility index (Phi) is 5.47. The number of rotatable bonds is 6. The maximum absolute atomic E-state index is 13.5. The second-order valence-corrected chi connectivity index (χ2v) is 4.00. The highest BCUT2D eigenvalue weighted by Gasteiger charge is 2.19. The van der Waals surface area contributed by atoms with E-state index in [0.717, 1.165) is 6.07 Å². The number of carboxylic acids is 1. The first kappa shape index (κ1) is 16.2. The highest BCUT2D eigenvalue weighted by Crippen LogP contribution is 2.20. The maximum atomic E-state index is 13.5. The standard InChI is InChI=1S/C12H14FN3O5/c1-21-9-3-2-7(4-8(9)13)15-12(20)16(5-10(14)17)6-11(18)19/h2-4H,5-6H2,1H3,(H2,14,17)(H,15,20)(H,18,19). The van der Waals surface area contributed by atoms with Crippen molar-refractivity contribution in [1.82, 2.24) is 4.90 Å². The van der Waals surface area contributed by atoms with Crippen LogP contribution in [-0.2, 0) is 9.59 Å². The first-order valence-corrected chi connectivity index (χ1v) is 5.73. The molecule has 0 aliphatic heterocycles. The van der Waals surface area contributed by atoms with E-state index in [4.69, 9.17) is 15.6 Å². The van der Waals surface area contributed by atoms with E-state index in [-0.39, 0.29) is 11.4 Å². The van der Waals surface area contributed by atoms with Crippen LogP contribution < -0.4 is 15.8 Å². The predicted octanol–water partition coefficient (Wildman–Crippen LogP) is 0.238. The van der Waals surface area contributed by atoms with Gasteiger partial charge in [-0.3, -0.25) is 9.59 Å². The molecule has 4 N–H and O–H groups in total. The number of anilines is 1. The molecule has 1 aromatic carbocycles. The number of nitrogens with zero attached hydrogens (tertiary/aromatic N) is 1. The second-order valence-electron chi connectivity index (χ2n) is 4.00. The minimum Gasteiger partial charge on any atom is -0.494 e. The molecule has 3 amide bonds. The van der Waals surface area contributed by atoms with Crippen LogP contribution in [0.15, 0.2) is 18.2 Å². The van der Waals surface area contributed by atoms with Crippen LogP contribution in [0.5, 0.6) is 5.75 Å². The molecule has 0 aliphatic rings. The van der Waals surface area contributed by atoms with Gasteiger partial charge in [0.2, 0.25) is 5.91 Å². The molecule has 0 radical (unpaired) electrons. The van der Waals surface area contributed by atoms with E-state index in [1.165, 1.54) is 19.2 Å². The Morgan fingerprint density at radius 2 is 2.05 bits per heavy atom. The van der Waals surface area contributed by atoms with E-state index in [0.29, 0.717) is 4.90 Å². The number of primary amides is 1. The molecule has 0 aliphatic carbocycles. The second kappa shape index (κ2) is 7.08. The van der Waals surface area contributed by atoms with Crippen LogP contribution in [0.4, 0.5) is 14.9 Å². The van der Waals surface area contributed by atoms with Crippen LogP contribution in [0.3, 0.4) is 0 Å². The first-order chi connectivity index (χ1) is 9.83. The van der Waals surface area contributed by atoms with Crippen molar-refractivity contribution >= 4 is 23.6 Å². The Morgan fingerprint density at radius 3 is 2.52 bits per heavy atom. The Bertz CT molecular complexity index is 548. The van der Waals surface area contributed by atoms with Gasteiger partial charge in [0.25, 0.3) is 0 Å². The Morgan fingerprint density at radius 1 is 1.38 bits per heavy atom. The predicted molar refractivity (Wildman–Crippen MR) is 70.4 cm³/mol. The number of nitrogens with one attached hydrogen (secondary N) is 1. The number of carbonyl (C=O) groups is 3. The first-order valence-electron chi connectivity index (χ1n) is 5.73. The lowest BCUT2D eigenvalue weighted by Crippen LogP contribution is -2.43. The van der Waals surface area contributed by atoms with Crippen LogP contribution >= 0.6 is 0 Å². The van der Waals surface area contributed by atoms with Gasteiger partial charge < -0.3 is 25.8 Å². The molecule has 0 atom stereocenters. The number of carbonyl (C=O) groups excluding carboxylic acids is 2. The smallest absolute Gasteiger partial charge is 0.323 e. The van der Waals surface area contributed by atoms with E-state index >= 15 is 0 Å². The normalized spacial score (nSPS) is 9.81. The molecule has 0 aromatic heterocycles. The van der Waals surface area contributed by atoms with E-state index in [2.05, 4.69) is 5.32 Å². The number of nitrogens with two attached hydrogens (primary N) is 1. The van der Waals surface area contributed by atoms with Crippen molar-refractivity contribution in [3.05, 3.63) is 24.0 Å². The summed E-state index contributed by atoms with van der Waals surface area (Å²) in [5.41, 5.74) is 5.01. The molecule has 1 aromatic rings. The van der Waals surface area contributed by atoms with Crippen LogP contribution in [0, 0.1) is 5.82 Å². The lowest BCUT2D eigenvalue weighted by atomic mass is 10.3. The summed E-state index contributed by atoms with van der Waals surface area (Å²) in [6.45, 7) is -1.29. The minimum atomic E-state index is -1.31. The fraction of sp³-hybridized carbons (Fsp3) is 0.250. The quantitative estimate of drug-likeness (QED) is 0.694. The molecular weight excluding hydrogens is 285 g/mol. The van der Waals surface area contributed by atoms with Crippen molar-refractivity contribution in [3.8, 4) is 5.75 Å².